The molecule has 0 radical (unpaired) electrons. The summed E-state index contributed by atoms with van der Waals surface area (Å²) in [6, 6.07) is 11.2. The van der Waals surface area contributed by atoms with E-state index in [1.165, 1.54) is 0 Å². The molecule has 1 fully saturated rings. The summed E-state index contributed by atoms with van der Waals surface area (Å²) in [5.74, 6) is 0.755. The highest BCUT2D eigenvalue weighted by Gasteiger charge is 2.48. The standard InChI is InChI=1S/C33H44N4O5/c1-34-31(40)30(12-8-20-38)36(2)22-27-24(10-7-11-25(27)23-39)9-5-4-6-17-37-18-15-33(16-19-37)28-21-26(42-3)13-14-29(28)35-32(33)41/h7,10-11,13-14,20-21,23,30H,4-6,8-9,12,15-19,22H2,1-3H3,(H,34,40)(H,35,41). The molecule has 42 heavy (non-hydrogen) atoms. The van der Waals surface area contributed by atoms with Gasteiger partial charge < -0.3 is 25.1 Å². The summed E-state index contributed by atoms with van der Waals surface area (Å²) in [7, 11) is 5.11. The van der Waals surface area contributed by atoms with Crippen LogP contribution in [0.5, 0.6) is 5.75 Å². The maximum absolute atomic E-state index is 13.0. The van der Waals surface area contributed by atoms with Gasteiger partial charge in [0.25, 0.3) is 0 Å². The number of piperidine rings is 1. The van der Waals surface area contributed by atoms with Gasteiger partial charge in [-0.05, 0) is 100 Å². The molecule has 226 valence electrons. The highest BCUT2D eigenvalue weighted by atomic mass is 16.5. The Hall–Kier alpha value is -3.56. The Morgan fingerprint density at radius 3 is 2.64 bits per heavy atom. The molecule has 2 aromatic rings. The molecule has 2 amide bonds. The third-order valence-electron chi connectivity index (χ3n) is 9.04. The topological polar surface area (TPSA) is 108 Å². The zero-order valence-electron chi connectivity index (χ0n) is 25.1. The van der Waals surface area contributed by atoms with Crippen LogP contribution in [0.2, 0.25) is 0 Å². The van der Waals surface area contributed by atoms with Gasteiger partial charge >= 0.3 is 0 Å². The van der Waals surface area contributed by atoms with Gasteiger partial charge in [-0.1, -0.05) is 24.6 Å². The first kappa shape index (κ1) is 31.4. The number of amides is 2. The minimum absolute atomic E-state index is 0.106. The molecule has 2 heterocycles. The summed E-state index contributed by atoms with van der Waals surface area (Å²) >= 11 is 0. The lowest BCUT2D eigenvalue weighted by molar-refractivity contribution is -0.126. The van der Waals surface area contributed by atoms with Crippen molar-refractivity contribution < 1.29 is 23.9 Å². The zero-order chi connectivity index (χ0) is 30.1. The van der Waals surface area contributed by atoms with Crippen LogP contribution in [0.15, 0.2) is 36.4 Å². The highest BCUT2D eigenvalue weighted by Crippen LogP contribution is 2.46. The lowest BCUT2D eigenvalue weighted by Gasteiger charge is -2.38. The lowest BCUT2D eigenvalue weighted by atomic mass is 9.73. The molecule has 1 saturated heterocycles. The molecular formula is C33H44N4O5. The van der Waals surface area contributed by atoms with Crippen molar-refractivity contribution in [2.45, 2.75) is 69.4 Å². The molecule has 4 rings (SSSR count). The van der Waals surface area contributed by atoms with Crippen molar-refractivity contribution in [3.63, 3.8) is 0 Å². The van der Waals surface area contributed by atoms with E-state index in [-0.39, 0.29) is 11.8 Å². The number of nitrogens with zero attached hydrogens (tertiary/aromatic N) is 2. The first-order chi connectivity index (χ1) is 20.4. The fourth-order valence-electron chi connectivity index (χ4n) is 6.50. The van der Waals surface area contributed by atoms with E-state index in [1.54, 1.807) is 14.2 Å². The Morgan fingerprint density at radius 1 is 1.17 bits per heavy atom. The Bertz CT molecular complexity index is 1270. The number of unbranched alkanes of at least 4 members (excludes halogenated alkanes) is 2. The molecule has 1 atom stereocenters. The number of likely N-dealkylation sites (tertiary alicyclic amines) is 1. The maximum Gasteiger partial charge on any atom is 0.237 e. The van der Waals surface area contributed by atoms with Crippen LogP contribution in [0.25, 0.3) is 0 Å². The molecule has 0 bridgehead atoms. The molecule has 2 aromatic carbocycles. The number of fused-ring (bicyclic) bond motifs is 2. The van der Waals surface area contributed by atoms with Crippen molar-refractivity contribution >= 4 is 30.1 Å². The number of hydrogen-bond acceptors (Lipinski definition) is 7. The van der Waals surface area contributed by atoms with Gasteiger partial charge in [0.05, 0.1) is 18.6 Å². The van der Waals surface area contributed by atoms with Crippen molar-refractivity contribution in [1.82, 2.24) is 15.1 Å². The molecular weight excluding hydrogens is 532 g/mol. The van der Waals surface area contributed by atoms with Crippen LogP contribution in [0.4, 0.5) is 5.69 Å². The molecule has 0 saturated carbocycles. The van der Waals surface area contributed by atoms with E-state index in [0.717, 1.165) is 98.9 Å². The van der Waals surface area contributed by atoms with E-state index in [1.807, 2.05) is 42.3 Å². The number of aldehydes is 2. The van der Waals surface area contributed by atoms with Crippen LogP contribution >= 0.6 is 0 Å². The van der Waals surface area contributed by atoms with Crippen LogP contribution in [0.1, 0.15) is 72.0 Å². The van der Waals surface area contributed by atoms with Crippen LogP contribution in [-0.4, -0.2) is 81.1 Å². The van der Waals surface area contributed by atoms with E-state index in [4.69, 9.17) is 4.74 Å². The molecule has 0 aliphatic carbocycles. The van der Waals surface area contributed by atoms with Crippen molar-refractivity contribution in [2.75, 3.05) is 46.2 Å². The third-order valence-corrected chi connectivity index (χ3v) is 9.04. The minimum atomic E-state index is -0.461. The van der Waals surface area contributed by atoms with Gasteiger partial charge in [0.2, 0.25) is 11.8 Å². The maximum atomic E-state index is 13.0. The average Bonchev–Trinajstić information content (AvgIpc) is 3.27. The predicted octanol–water partition coefficient (Wildman–Crippen LogP) is 3.73. The van der Waals surface area contributed by atoms with Gasteiger partial charge in [-0.15, -0.1) is 0 Å². The van der Waals surface area contributed by atoms with Gasteiger partial charge in [0.1, 0.15) is 18.3 Å². The van der Waals surface area contributed by atoms with Crippen LogP contribution in [0, 0.1) is 0 Å². The van der Waals surface area contributed by atoms with Gasteiger partial charge in [-0.3, -0.25) is 19.3 Å². The molecule has 9 nitrogen and oxygen atoms in total. The summed E-state index contributed by atoms with van der Waals surface area (Å²) in [4.78, 5) is 52.7. The number of likely N-dealkylation sites (N-methyl/N-ethyl adjacent to an activating group) is 2. The number of benzene rings is 2. The van der Waals surface area contributed by atoms with E-state index in [9.17, 15) is 19.2 Å². The molecule has 9 heteroatoms. The number of methoxy groups -OCH3 is 1. The first-order valence-corrected chi connectivity index (χ1v) is 15.0. The number of carbonyl (C=O) groups is 4. The normalized spacial score (nSPS) is 16.6. The fourth-order valence-corrected chi connectivity index (χ4v) is 6.50. The summed E-state index contributed by atoms with van der Waals surface area (Å²) in [5.41, 5.74) is 4.22. The van der Waals surface area contributed by atoms with Crippen molar-refractivity contribution in [1.29, 1.82) is 0 Å². The Labute approximate surface area is 249 Å². The van der Waals surface area contributed by atoms with Gasteiger partial charge in [0, 0.05) is 31.3 Å². The second kappa shape index (κ2) is 14.6. The van der Waals surface area contributed by atoms with Crippen molar-refractivity contribution in [2.24, 2.45) is 0 Å². The monoisotopic (exact) mass is 576 g/mol. The number of rotatable bonds is 15. The predicted molar refractivity (Wildman–Crippen MR) is 163 cm³/mol. The fraction of sp³-hybridized carbons (Fsp3) is 0.515. The van der Waals surface area contributed by atoms with Gasteiger partial charge in [-0.2, -0.15) is 0 Å². The Kier molecular flexibility index (Phi) is 10.9. The molecule has 0 aromatic heterocycles. The Balaban J connectivity index is 1.28. The van der Waals surface area contributed by atoms with E-state index >= 15 is 0 Å². The Morgan fingerprint density at radius 2 is 1.95 bits per heavy atom. The summed E-state index contributed by atoms with van der Waals surface area (Å²) in [6.45, 7) is 3.23. The highest BCUT2D eigenvalue weighted by molar-refractivity contribution is 6.06. The number of carbonyl (C=O) groups excluding carboxylic acids is 4. The van der Waals surface area contributed by atoms with Gasteiger partial charge in [-0.25, -0.2) is 0 Å². The summed E-state index contributed by atoms with van der Waals surface area (Å²) in [5, 5.41) is 5.77. The number of aryl methyl sites for hydroxylation is 1. The van der Waals surface area contributed by atoms with Crippen molar-refractivity contribution in [3.8, 4) is 5.75 Å². The summed E-state index contributed by atoms with van der Waals surface area (Å²) in [6.07, 6.45) is 8.03. The lowest BCUT2D eigenvalue weighted by Crippen LogP contribution is -2.46. The quantitative estimate of drug-likeness (QED) is 0.246. The number of hydrogen-bond donors (Lipinski definition) is 2. The number of ether oxygens (including phenoxy) is 1. The average molecular weight is 577 g/mol. The second-order valence-corrected chi connectivity index (χ2v) is 11.5. The molecule has 1 unspecified atom stereocenters. The third kappa shape index (κ3) is 6.90. The second-order valence-electron chi connectivity index (χ2n) is 11.5. The SMILES string of the molecule is CNC(=O)C(CCC=O)N(C)Cc1c(C=O)cccc1CCCCCN1CCC2(CC1)C(=O)Nc1ccc(OC)cc12. The molecule has 2 N–H and O–H groups in total. The van der Waals surface area contributed by atoms with E-state index < -0.39 is 11.5 Å². The number of anilines is 1. The van der Waals surface area contributed by atoms with Crippen LogP contribution in [-0.2, 0) is 32.8 Å². The van der Waals surface area contributed by atoms with Gasteiger partial charge in [0.15, 0.2) is 0 Å². The van der Waals surface area contributed by atoms with E-state index in [2.05, 4.69) is 21.6 Å². The summed E-state index contributed by atoms with van der Waals surface area (Å²) < 4.78 is 5.42. The minimum Gasteiger partial charge on any atom is -0.497 e. The van der Waals surface area contributed by atoms with E-state index in [0.29, 0.717) is 24.9 Å². The first-order valence-electron chi connectivity index (χ1n) is 15.0. The molecule has 2 aliphatic heterocycles. The zero-order valence-corrected chi connectivity index (χ0v) is 25.1. The molecule has 1 spiro atoms. The van der Waals surface area contributed by atoms with Crippen molar-refractivity contribution in [3.05, 3.63) is 58.7 Å². The smallest absolute Gasteiger partial charge is 0.237 e. The molecule has 2 aliphatic rings. The number of nitrogens with one attached hydrogen (secondary N) is 2. The largest absolute Gasteiger partial charge is 0.497 e. The van der Waals surface area contributed by atoms with Crippen LogP contribution < -0.4 is 15.4 Å². The van der Waals surface area contributed by atoms with Crippen LogP contribution in [0.3, 0.4) is 0 Å².